The van der Waals surface area contributed by atoms with E-state index in [9.17, 15) is 8.78 Å². The Morgan fingerprint density at radius 2 is 1.95 bits per heavy atom. The summed E-state index contributed by atoms with van der Waals surface area (Å²) in [5.74, 6) is -1.08. The fourth-order valence-electron chi connectivity index (χ4n) is 1.39. The molecule has 0 saturated carbocycles. The maximum Gasteiger partial charge on any atom is 0.145 e. The zero-order valence-corrected chi connectivity index (χ0v) is 10.5. The minimum Gasteiger partial charge on any atom is -0.390 e. The molecule has 0 N–H and O–H groups in total. The molecule has 2 nitrogen and oxygen atoms in total. The Morgan fingerprint density at radius 3 is 2.74 bits per heavy atom. The molecule has 0 spiro atoms. The lowest BCUT2D eigenvalue weighted by Gasteiger charge is -2.01. The Bertz CT molecular complexity index is 602. The van der Waals surface area contributed by atoms with E-state index in [0.29, 0.717) is 10.6 Å². The molecule has 0 aliphatic carbocycles. The van der Waals surface area contributed by atoms with Crippen molar-refractivity contribution in [2.24, 2.45) is 5.16 Å². The summed E-state index contributed by atoms with van der Waals surface area (Å²) in [6.07, 6.45) is 2.57. The van der Waals surface area contributed by atoms with E-state index < -0.39 is 11.6 Å². The molecule has 19 heavy (non-hydrogen) atoms. The highest BCUT2D eigenvalue weighted by molar-refractivity contribution is 6.33. The quantitative estimate of drug-likeness (QED) is 0.612. The molecule has 0 bridgehead atoms. The number of benzene rings is 2. The van der Waals surface area contributed by atoms with Gasteiger partial charge in [0.15, 0.2) is 0 Å². The van der Waals surface area contributed by atoms with Gasteiger partial charge in [-0.15, -0.1) is 0 Å². The van der Waals surface area contributed by atoms with E-state index >= 15 is 0 Å². The number of halogens is 3. The van der Waals surface area contributed by atoms with Gasteiger partial charge >= 0.3 is 0 Å². The van der Waals surface area contributed by atoms with E-state index in [-0.39, 0.29) is 12.2 Å². The molecule has 0 amide bonds. The molecule has 1 radical (unpaired) electrons. The van der Waals surface area contributed by atoms with Crippen LogP contribution in [0, 0.1) is 11.6 Å². The SMILES string of the molecule is Fc1ccc(F)c(CO/N=[C]\c2ccccc2Cl)c1. The number of nitrogens with zero attached hydrogens (tertiary/aromatic N) is 1. The van der Waals surface area contributed by atoms with Crippen molar-refractivity contribution in [2.45, 2.75) is 6.61 Å². The van der Waals surface area contributed by atoms with Crippen molar-refractivity contribution in [3.8, 4) is 0 Å². The number of rotatable bonds is 4. The van der Waals surface area contributed by atoms with Gasteiger partial charge in [-0.25, -0.2) is 8.78 Å². The highest BCUT2D eigenvalue weighted by atomic mass is 35.5. The van der Waals surface area contributed by atoms with Gasteiger partial charge in [-0.05, 0) is 24.3 Å². The molecule has 0 aromatic heterocycles. The topological polar surface area (TPSA) is 21.6 Å². The van der Waals surface area contributed by atoms with E-state index in [1.165, 1.54) is 0 Å². The van der Waals surface area contributed by atoms with Crippen LogP contribution in [-0.2, 0) is 11.4 Å². The lowest BCUT2D eigenvalue weighted by molar-refractivity contribution is 0.129. The van der Waals surface area contributed by atoms with Crippen molar-refractivity contribution in [1.82, 2.24) is 0 Å². The van der Waals surface area contributed by atoms with Gasteiger partial charge in [-0.3, -0.25) is 0 Å². The van der Waals surface area contributed by atoms with Crippen LogP contribution in [0.4, 0.5) is 8.78 Å². The van der Waals surface area contributed by atoms with Crippen molar-refractivity contribution >= 4 is 17.8 Å². The van der Waals surface area contributed by atoms with E-state index in [4.69, 9.17) is 16.4 Å². The minimum atomic E-state index is -0.547. The van der Waals surface area contributed by atoms with Crippen LogP contribution >= 0.6 is 11.6 Å². The van der Waals surface area contributed by atoms with Crippen molar-refractivity contribution in [3.05, 3.63) is 70.2 Å². The third-order valence-electron chi connectivity index (χ3n) is 2.33. The molecule has 0 aliphatic rings. The predicted octanol–water partition coefficient (Wildman–Crippen LogP) is 4.05. The molecular weight excluding hydrogens is 272 g/mol. The van der Waals surface area contributed by atoms with Crippen molar-refractivity contribution in [3.63, 3.8) is 0 Å². The smallest absolute Gasteiger partial charge is 0.145 e. The third kappa shape index (κ3) is 3.76. The van der Waals surface area contributed by atoms with Crippen molar-refractivity contribution in [1.29, 1.82) is 0 Å². The predicted molar refractivity (Wildman–Crippen MR) is 69.1 cm³/mol. The summed E-state index contributed by atoms with van der Waals surface area (Å²) in [5.41, 5.74) is 0.647. The molecule has 2 aromatic rings. The number of hydrogen-bond donors (Lipinski definition) is 0. The van der Waals surface area contributed by atoms with Gasteiger partial charge in [0.05, 0.1) is 5.02 Å². The molecule has 97 valence electrons. The van der Waals surface area contributed by atoms with Crippen LogP contribution in [0.5, 0.6) is 0 Å². The van der Waals surface area contributed by atoms with Crippen LogP contribution in [0.3, 0.4) is 0 Å². The molecule has 0 aliphatic heterocycles. The number of hydrogen-bond acceptors (Lipinski definition) is 2. The first-order chi connectivity index (χ1) is 9.16. The summed E-state index contributed by atoms with van der Waals surface area (Å²) in [5, 5.41) is 4.02. The molecule has 5 heteroatoms. The molecule has 0 fully saturated rings. The monoisotopic (exact) mass is 280 g/mol. The van der Waals surface area contributed by atoms with Gasteiger partial charge in [-0.1, -0.05) is 35.0 Å². The second-order valence-corrected chi connectivity index (χ2v) is 4.10. The normalized spacial score (nSPS) is 10.9. The first-order valence-corrected chi connectivity index (χ1v) is 5.81. The lowest BCUT2D eigenvalue weighted by Crippen LogP contribution is -1.94. The van der Waals surface area contributed by atoms with Crippen LogP contribution in [0.15, 0.2) is 47.6 Å². The maximum atomic E-state index is 13.3. The summed E-state index contributed by atoms with van der Waals surface area (Å²) in [7, 11) is 0. The average Bonchev–Trinajstić information content (AvgIpc) is 2.40. The summed E-state index contributed by atoms with van der Waals surface area (Å²) >= 11 is 5.88. The molecule has 0 saturated heterocycles. The summed E-state index contributed by atoms with van der Waals surface area (Å²) in [6, 6.07) is 10.1. The Hall–Kier alpha value is -1.94. The van der Waals surface area contributed by atoms with Gasteiger partial charge in [0.2, 0.25) is 0 Å². The highest BCUT2D eigenvalue weighted by Crippen LogP contribution is 2.13. The van der Waals surface area contributed by atoms with Crippen molar-refractivity contribution < 1.29 is 13.6 Å². The van der Waals surface area contributed by atoms with Crippen LogP contribution in [0.1, 0.15) is 11.1 Å². The molecule has 0 unspecified atom stereocenters. The molecule has 2 rings (SSSR count). The maximum absolute atomic E-state index is 13.3. The van der Waals surface area contributed by atoms with E-state index in [1.54, 1.807) is 24.3 Å². The standard InChI is InChI=1S/C14H9ClF2NO/c15-13-4-2-1-3-10(13)8-18-19-9-11-7-12(16)5-6-14(11)17/h1-7H,9H2. The first kappa shape index (κ1) is 13.5. The molecule has 2 aromatic carbocycles. The summed E-state index contributed by atoms with van der Waals surface area (Å²) < 4.78 is 26.1. The van der Waals surface area contributed by atoms with Gasteiger partial charge in [0.25, 0.3) is 0 Å². The Labute approximate surface area is 114 Å². The lowest BCUT2D eigenvalue weighted by atomic mass is 10.2. The third-order valence-corrected chi connectivity index (χ3v) is 2.66. The van der Waals surface area contributed by atoms with Crippen LogP contribution in [0.25, 0.3) is 0 Å². The highest BCUT2D eigenvalue weighted by Gasteiger charge is 2.04. The second kappa shape index (κ2) is 6.29. The largest absolute Gasteiger partial charge is 0.390 e. The van der Waals surface area contributed by atoms with Gasteiger partial charge in [0, 0.05) is 11.1 Å². The molecule has 0 heterocycles. The van der Waals surface area contributed by atoms with Crippen LogP contribution < -0.4 is 0 Å². The van der Waals surface area contributed by atoms with E-state index in [2.05, 4.69) is 11.4 Å². The Morgan fingerprint density at radius 1 is 1.16 bits per heavy atom. The van der Waals surface area contributed by atoms with Crippen LogP contribution in [0.2, 0.25) is 5.02 Å². The second-order valence-electron chi connectivity index (χ2n) is 3.69. The van der Waals surface area contributed by atoms with Gasteiger partial charge in [-0.2, -0.15) is 0 Å². The van der Waals surface area contributed by atoms with Crippen molar-refractivity contribution in [2.75, 3.05) is 0 Å². The molecular formula is C14H9ClF2NO. The van der Waals surface area contributed by atoms with Gasteiger partial charge in [0.1, 0.15) is 24.5 Å². The summed E-state index contributed by atoms with van der Waals surface area (Å²) in [6.45, 7) is -0.180. The van der Waals surface area contributed by atoms with E-state index in [0.717, 1.165) is 18.2 Å². The summed E-state index contributed by atoms with van der Waals surface area (Å²) in [4.78, 5) is 4.86. The zero-order chi connectivity index (χ0) is 13.7. The average molecular weight is 281 g/mol. The zero-order valence-electron chi connectivity index (χ0n) is 9.74. The van der Waals surface area contributed by atoms with Crippen LogP contribution in [-0.4, -0.2) is 6.21 Å². The first-order valence-electron chi connectivity index (χ1n) is 5.43. The Balaban J connectivity index is 1.97. The molecule has 0 atom stereocenters. The van der Waals surface area contributed by atoms with Gasteiger partial charge < -0.3 is 4.84 Å². The Kier molecular flexibility index (Phi) is 4.47. The fourth-order valence-corrected chi connectivity index (χ4v) is 1.57. The van der Waals surface area contributed by atoms with E-state index in [1.807, 2.05) is 0 Å². The fraction of sp³-hybridized carbons (Fsp3) is 0.0714. The minimum absolute atomic E-state index is 0.0877.